The molecule has 2 aromatic rings. The molecule has 9 heteroatoms. The highest BCUT2D eigenvalue weighted by Crippen LogP contribution is 2.34. The molecule has 186 valence electrons. The Morgan fingerprint density at radius 3 is 2.46 bits per heavy atom. The Labute approximate surface area is 206 Å². The van der Waals surface area contributed by atoms with E-state index in [2.05, 4.69) is 5.32 Å². The summed E-state index contributed by atoms with van der Waals surface area (Å²) in [5.74, 6) is -0.161. The molecule has 1 fully saturated rings. The molecule has 8 nitrogen and oxygen atoms in total. The van der Waals surface area contributed by atoms with Gasteiger partial charge in [0.25, 0.3) is 0 Å². The molecule has 0 aliphatic carbocycles. The molecule has 2 aliphatic rings. The zero-order valence-electron chi connectivity index (χ0n) is 20.1. The molecule has 0 bridgehead atoms. The predicted molar refractivity (Wildman–Crippen MR) is 134 cm³/mol. The Morgan fingerprint density at radius 2 is 1.77 bits per heavy atom. The van der Waals surface area contributed by atoms with Gasteiger partial charge in [0.15, 0.2) is 0 Å². The largest absolute Gasteiger partial charge is 0.495 e. The van der Waals surface area contributed by atoms with Crippen molar-refractivity contribution in [2.75, 3.05) is 25.5 Å². The summed E-state index contributed by atoms with van der Waals surface area (Å²) in [5.41, 5.74) is 2.11. The Morgan fingerprint density at radius 1 is 1.06 bits per heavy atom. The summed E-state index contributed by atoms with van der Waals surface area (Å²) >= 11 is 0. The van der Waals surface area contributed by atoms with Crippen LogP contribution in [0.25, 0.3) is 6.08 Å². The summed E-state index contributed by atoms with van der Waals surface area (Å²) in [6, 6.07) is 11.7. The number of nitrogens with one attached hydrogen (secondary N) is 1. The normalized spacial score (nSPS) is 18.5. The molecule has 0 aromatic heterocycles. The van der Waals surface area contributed by atoms with Gasteiger partial charge < -0.3 is 15.0 Å². The maximum absolute atomic E-state index is 13.3. The minimum Gasteiger partial charge on any atom is -0.495 e. The predicted octanol–water partition coefficient (Wildman–Crippen LogP) is 4.16. The van der Waals surface area contributed by atoms with Crippen molar-refractivity contribution in [3.63, 3.8) is 0 Å². The number of carbonyl (C=O) groups is 2. The van der Waals surface area contributed by atoms with E-state index in [9.17, 15) is 18.0 Å². The second-order valence-electron chi connectivity index (χ2n) is 8.82. The number of sulfonamides is 1. The van der Waals surface area contributed by atoms with Crippen molar-refractivity contribution in [1.82, 2.24) is 9.21 Å². The van der Waals surface area contributed by atoms with Gasteiger partial charge in [-0.1, -0.05) is 37.1 Å². The first-order chi connectivity index (χ1) is 16.8. The molecule has 0 spiro atoms. The van der Waals surface area contributed by atoms with Crippen LogP contribution in [0.2, 0.25) is 0 Å². The van der Waals surface area contributed by atoms with Crippen molar-refractivity contribution < 1.29 is 22.7 Å². The van der Waals surface area contributed by atoms with Crippen molar-refractivity contribution in [1.29, 1.82) is 0 Å². The third-order valence-corrected chi connectivity index (χ3v) is 8.39. The van der Waals surface area contributed by atoms with Crippen LogP contribution in [-0.2, 0) is 19.6 Å². The second kappa shape index (κ2) is 10.6. The van der Waals surface area contributed by atoms with Crippen LogP contribution in [-0.4, -0.2) is 49.6 Å². The molecule has 1 atom stereocenters. The molecule has 1 N–H and O–H groups in total. The lowest BCUT2D eigenvalue weighted by Gasteiger charge is -2.32. The summed E-state index contributed by atoms with van der Waals surface area (Å²) in [7, 11) is -2.23. The van der Waals surface area contributed by atoms with Gasteiger partial charge in [-0.3, -0.25) is 9.59 Å². The van der Waals surface area contributed by atoms with Gasteiger partial charge in [0.05, 0.1) is 30.2 Å². The quantitative estimate of drug-likeness (QED) is 0.647. The third kappa shape index (κ3) is 5.41. The van der Waals surface area contributed by atoms with E-state index in [4.69, 9.17) is 4.74 Å². The number of carbonyl (C=O) groups excluding carboxylic acids is 2. The summed E-state index contributed by atoms with van der Waals surface area (Å²) in [5, 5.41) is 2.82. The number of methoxy groups -OCH3 is 1. The molecule has 0 radical (unpaired) electrons. The van der Waals surface area contributed by atoms with Crippen LogP contribution < -0.4 is 10.1 Å². The molecule has 35 heavy (non-hydrogen) atoms. The van der Waals surface area contributed by atoms with Gasteiger partial charge in [0.2, 0.25) is 21.8 Å². The molecular formula is C26H31N3O5S. The number of ether oxygens (including phenoxy) is 1. The fourth-order valence-corrected chi connectivity index (χ4v) is 6.21. The number of benzene rings is 2. The van der Waals surface area contributed by atoms with Crippen LogP contribution >= 0.6 is 0 Å². The van der Waals surface area contributed by atoms with E-state index in [0.717, 1.165) is 36.8 Å². The van der Waals surface area contributed by atoms with Gasteiger partial charge in [-0.05, 0) is 48.2 Å². The van der Waals surface area contributed by atoms with Crippen LogP contribution in [0.15, 0.2) is 53.6 Å². The Kier molecular flexibility index (Phi) is 7.57. The van der Waals surface area contributed by atoms with Crippen molar-refractivity contribution >= 4 is 33.6 Å². The maximum atomic E-state index is 13.3. The standard InChI is InChI=1S/C26H31N3O5S/c1-19(30)29-16-13-20-9-5-6-10-22(20)24(29)18-26(31)27-23-17-21(11-12-25(23)34-2)35(32,33)28-14-7-3-4-8-15-28/h5-6,9-13,16-17,24H,3-4,7-8,14-15,18H2,1-2H3,(H,27,31)/t24-/m1/s1. The molecule has 0 saturated carbocycles. The highest BCUT2D eigenvalue weighted by atomic mass is 32.2. The molecule has 1 saturated heterocycles. The highest BCUT2D eigenvalue weighted by molar-refractivity contribution is 7.89. The van der Waals surface area contributed by atoms with E-state index in [1.807, 2.05) is 30.3 Å². The van der Waals surface area contributed by atoms with Crippen LogP contribution in [0, 0.1) is 0 Å². The molecule has 0 unspecified atom stereocenters. The highest BCUT2D eigenvalue weighted by Gasteiger charge is 2.29. The van der Waals surface area contributed by atoms with Gasteiger partial charge in [-0.2, -0.15) is 4.31 Å². The summed E-state index contributed by atoms with van der Waals surface area (Å²) in [6.07, 6.45) is 7.27. The van der Waals surface area contributed by atoms with Gasteiger partial charge in [0.1, 0.15) is 5.75 Å². The number of hydrogen-bond acceptors (Lipinski definition) is 5. The second-order valence-corrected chi connectivity index (χ2v) is 10.8. The van der Waals surface area contributed by atoms with E-state index < -0.39 is 16.1 Å². The SMILES string of the molecule is COc1ccc(S(=O)(=O)N2CCCCCC2)cc1NC(=O)C[C@@H]1c2ccccc2C=CN1C(C)=O. The van der Waals surface area contributed by atoms with E-state index in [0.29, 0.717) is 18.8 Å². The minimum atomic E-state index is -3.69. The average molecular weight is 498 g/mol. The van der Waals surface area contributed by atoms with E-state index in [1.54, 1.807) is 17.2 Å². The van der Waals surface area contributed by atoms with Crippen molar-refractivity contribution in [3.05, 3.63) is 59.8 Å². The molecule has 4 rings (SSSR count). The summed E-state index contributed by atoms with van der Waals surface area (Å²) < 4.78 is 33.4. The first-order valence-electron chi connectivity index (χ1n) is 11.9. The topological polar surface area (TPSA) is 96.0 Å². The van der Waals surface area contributed by atoms with Crippen LogP contribution in [0.4, 0.5) is 5.69 Å². The Hall–Kier alpha value is -3.17. The zero-order chi connectivity index (χ0) is 25.0. The van der Waals surface area contributed by atoms with Crippen LogP contribution in [0.3, 0.4) is 0 Å². The molecular weight excluding hydrogens is 466 g/mol. The fraction of sp³-hybridized carbons (Fsp3) is 0.385. The van der Waals surface area contributed by atoms with E-state index in [1.165, 1.54) is 30.5 Å². The zero-order valence-corrected chi connectivity index (χ0v) is 20.9. The number of nitrogens with zero attached hydrogens (tertiary/aromatic N) is 2. The fourth-order valence-electron chi connectivity index (χ4n) is 4.67. The Bertz CT molecular complexity index is 1230. The van der Waals surface area contributed by atoms with Gasteiger partial charge in [-0.15, -0.1) is 0 Å². The number of amides is 2. The van der Waals surface area contributed by atoms with E-state index >= 15 is 0 Å². The first kappa shape index (κ1) is 24.9. The lowest BCUT2D eigenvalue weighted by atomic mass is 9.93. The molecule has 2 heterocycles. The average Bonchev–Trinajstić information content (AvgIpc) is 3.14. The molecule has 2 aliphatic heterocycles. The van der Waals surface area contributed by atoms with Crippen molar-refractivity contribution in [3.8, 4) is 5.75 Å². The number of anilines is 1. The summed E-state index contributed by atoms with van der Waals surface area (Å²) in [4.78, 5) is 27.0. The molecule has 2 aromatic carbocycles. The van der Waals surface area contributed by atoms with Crippen LogP contribution in [0.5, 0.6) is 5.75 Å². The first-order valence-corrected chi connectivity index (χ1v) is 13.3. The smallest absolute Gasteiger partial charge is 0.243 e. The van der Waals surface area contributed by atoms with E-state index in [-0.39, 0.29) is 28.8 Å². The molecule has 2 amide bonds. The minimum absolute atomic E-state index is 0.00713. The third-order valence-electron chi connectivity index (χ3n) is 6.50. The van der Waals surface area contributed by atoms with Crippen LogP contribution in [0.1, 0.15) is 56.2 Å². The summed E-state index contributed by atoms with van der Waals surface area (Å²) in [6.45, 7) is 2.44. The lowest BCUT2D eigenvalue weighted by molar-refractivity contribution is -0.129. The number of hydrogen-bond donors (Lipinski definition) is 1. The monoisotopic (exact) mass is 497 g/mol. The number of fused-ring (bicyclic) bond motifs is 1. The van der Waals surface area contributed by atoms with Gasteiger partial charge >= 0.3 is 0 Å². The van der Waals surface area contributed by atoms with Crippen molar-refractivity contribution in [2.45, 2.75) is 50.0 Å². The van der Waals surface area contributed by atoms with Crippen molar-refractivity contribution in [2.24, 2.45) is 0 Å². The van der Waals surface area contributed by atoms with Gasteiger partial charge in [0, 0.05) is 26.2 Å². The lowest BCUT2D eigenvalue weighted by Crippen LogP contribution is -2.33. The Balaban J connectivity index is 1.58. The van der Waals surface area contributed by atoms with Gasteiger partial charge in [-0.25, -0.2) is 8.42 Å². The number of rotatable bonds is 6. The maximum Gasteiger partial charge on any atom is 0.243 e.